The molecule has 0 radical (unpaired) electrons. The first-order valence-corrected chi connectivity index (χ1v) is 7.40. The van der Waals surface area contributed by atoms with E-state index in [9.17, 15) is 9.90 Å². The van der Waals surface area contributed by atoms with Crippen LogP contribution in [-0.4, -0.2) is 34.4 Å². The Hall–Kier alpha value is -1.07. The largest absolute Gasteiger partial charge is 0.393 e. The van der Waals surface area contributed by atoms with Crippen LogP contribution in [0.15, 0.2) is 23.4 Å². The second kappa shape index (κ2) is 6.20. The number of aliphatic hydroxyl groups excluding tert-OH is 1. The van der Waals surface area contributed by atoms with E-state index in [1.54, 1.807) is 24.0 Å². The van der Waals surface area contributed by atoms with Gasteiger partial charge >= 0.3 is 0 Å². The van der Waals surface area contributed by atoms with Crippen molar-refractivity contribution in [2.45, 2.75) is 42.9 Å². The van der Waals surface area contributed by atoms with E-state index < -0.39 is 0 Å². The average molecular weight is 266 g/mol. The van der Waals surface area contributed by atoms with Crippen molar-refractivity contribution in [3.63, 3.8) is 0 Å². The highest BCUT2D eigenvalue weighted by Crippen LogP contribution is 2.19. The molecule has 98 valence electrons. The maximum absolute atomic E-state index is 12.0. The molecule has 1 aliphatic carbocycles. The number of carbonyl (C=O) groups excluding carboxylic acids is 1. The van der Waals surface area contributed by atoms with E-state index in [4.69, 9.17) is 0 Å². The molecule has 1 fully saturated rings. The first-order valence-electron chi connectivity index (χ1n) is 6.18. The van der Waals surface area contributed by atoms with Crippen molar-refractivity contribution in [1.82, 2.24) is 10.3 Å². The van der Waals surface area contributed by atoms with Crippen LogP contribution >= 0.6 is 11.8 Å². The molecular formula is C13H18N2O2S. The number of amides is 1. The quantitative estimate of drug-likeness (QED) is 0.819. The molecule has 1 aromatic rings. The van der Waals surface area contributed by atoms with Crippen molar-refractivity contribution < 1.29 is 9.90 Å². The molecule has 2 N–H and O–H groups in total. The van der Waals surface area contributed by atoms with Gasteiger partial charge in [0, 0.05) is 12.2 Å². The first kappa shape index (κ1) is 13.4. The van der Waals surface area contributed by atoms with E-state index in [0.717, 1.165) is 30.7 Å². The van der Waals surface area contributed by atoms with Crippen LogP contribution in [0.25, 0.3) is 0 Å². The van der Waals surface area contributed by atoms with Gasteiger partial charge in [0.05, 0.1) is 16.7 Å². The predicted octanol–water partition coefficient (Wildman–Crippen LogP) is 1.84. The summed E-state index contributed by atoms with van der Waals surface area (Å²) in [5, 5.41) is 13.3. The number of hydrogen-bond acceptors (Lipinski definition) is 4. The Labute approximate surface area is 111 Å². The van der Waals surface area contributed by atoms with Gasteiger partial charge in [-0.3, -0.25) is 4.79 Å². The SMILES string of the molecule is CSc1ccc(C(=O)NC2CCC(O)CC2)cn1. The number of rotatable bonds is 3. The molecule has 0 saturated heterocycles. The highest BCUT2D eigenvalue weighted by atomic mass is 32.2. The second-order valence-corrected chi connectivity index (χ2v) is 5.39. The summed E-state index contributed by atoms with van der Waals surface area (Å²) in [6, 6.07) is 3.83. The minimum Gasteiger partial charge on any atom is -0.393 e. The maximum Gasteiger partial charge on any atom is 0.253 e. The summed E-state index contributed by atoms with van der Waals surface area (Å²) in [5.74, 6) is -0.0726. The normalized spacial score (nSPS) is 23.7. The fourth-order valence-electron chi connectivity index (χ4n) is 2.12. The monoisotopic (exact) mass is 266 g/mol. The zero-order valence-electron chi connectivity index (χ0n) is 10.4. The first-order chi connectivity index (χ1) is 8.69. The number of aliphatic hydroxyl groups is 1. The van der Waals surface area contributed by atoms with Crippen molar-refractivity contribution >= 4 is 17.7 Å². The lowest BCUT2D eigenvalue weighted by atomic mass is 9.93. The van der Waals surface area contributed by atoms with Gasteiger partial charge in [0.2, 0.25) is 0 Å². The van der Waals surface area contributed by atoms with E-state index in [1.807, 2.05) is 12.3 Å². The molecule has 1 aliphatic rings. The van der Waals surface area contributed by atoms with Gasteiger partial charge in [-0.1, -0.05) is 0 Å². The molecule has 1 aromatic heterocycles. The Morgan fingerprint density at radius 3 is 2.67 bits per heavy atom. The molecule has 4 nitrogen and oxygen atoms in total. The molecule has 0 bridgehead atoms. The zero-order chi connectivity index (χ0) is 13.0. The van der Waals surface area contributed by atoms with Gasteiger partial charge in [-0.25, -0.2) is 4.98 Å². The van der Waals surface area contributed by atoms with Crippen LogP contribution in [0.4, 0.5) is 0 Å². The summed E-state index contributed by atoms with van der Waals surface area (Å²) >= 11 is 1.55. The molecule has 0 unspecified atom stereocenters. The number of nitrogens with zero attached hydrogens (tertiary/aromatic N) is 1. The maximum atomic E-state index is 12.0. The Bertz CT molecular complexity index is 400. The Morgan fingerprint density at radius 1 is 1.39 bits per heavy atom. The Kier molecular flexibility index (Phi) is 4.60. The highest BCUT2D eigenvalue weighted by molar-refractivity contribution is 7.98. The van der Waals surface area contributed by atoms with Crippen molar-refractivity contribution in [1.29, 1.82) is 0 Å². The lowest BCUT2D eigenvalue weighted by molar-refractivity contribution is 0.0867. The third-order valence-electron chi connectivity index (χ3n) is 3.24. The summed E-state index contributed by atoms with van der Waals surface area (Å²) in [6.07, 6.45) is 6.62. The fraction of sp³-hybridized carbons (Fsp3) is 0.538. The molecule has 0 aromatic carbocycles. The average Bonchev–Trinajstić information content (AvgIpc) is 2.41. The second-order valence-electron chi connectivity index (χ2n) is 4.57. The number of nitrogens with one attached hydrogen (secondary N) is 1. The lowest BCUT2D eigenvalue weighted by Crippen LogP contribution is -2.38. The zero-order valence-corrected chi connectivity index (χ0v) is 11.2. The lowest BCUT2D eigenvalue weighted by Gasteiger charge is -2.26. The van der Waals surface area contributed by atoms with Gasteiger partial charge in [0.15, 0.2) is 0 Å². The minimum absolute atomic E-state index is 0.0726. The van der Waals surface area contributed by atoms with E-state index in [0.29, 0.717) is 5.56 Å². The van der Waals surface area contributed by atoms with Crippen LogP contribution in [-0.2, 0) is 0 Å². The van der Waals surface area contributed by atoms with E-state index >= 15 is 0 Å². The van der Waals surface area contributed by atoms with Crippen LogP contribution in [0, 0.1) is 0 Å². The van der Waals surface area contributed by atoms with Crippen molar-refractivity contribution in [3.05, 3.63) is 23.9 Å². The molecule has 5 heteroatoms. The number of hydrogen-bond donors (Lipinski definition) is 2. The van der Waals surface area contributed by atoms with Crippen LogP contribution in [0.1, 0.15) is 36.0 Å². The summed E-state index contributed by atoms with van der Waals surface area (Å²) in [5.41, 5.74) is 0.596. The smallest absolute Gasteiger partial charge is 0.253 e. The summed E-state index contributed by atoms with van der Waals surface area (Å²) in [4.78, 5) is 16.2. The molecule has 0 atom stereocenters. The number of thioether (sulfide) groups is 1. The number of pyridine rings is 1. The summed E-state index contributed by atoms with van der Waals surface area (Å²) < 4.78 is 0. The molecule has 0 spiro atoms. The van der Waals surface area contributed by atoms with Gasteiger partial charge in [-0.2, -0.15) is 0 Å². The highest BCUT2D eigenvalue weighted by Gasteiger charge is 2.21. The molecular weight excluding hydrogens is 248 g/mol. The van der Waals surface area contributed by atoms with Gasteiger partial charge < -0.3 is 10.4 Å². The molecule has 18 heavy (non-hydrogen) atoms. The molecule has 1 amide bonds. The fourth-order valence-corrected chi connectivity index (χ4v) is 2.49. The van der Waals surface area contributed by atoms with Crippen molar-refractivity contribution in [3.8, 4) is 0 Å². The Morgan fingerprint density at radius 2 is 2.11 bits per heavy atom. The molecule has 1 saturated carbocycles. The van der Waals surface area contributed by atoms with Gasteiger partial charge in [0.25, 0.3) is 5.91 Å². The van der Waals surface area contributed by atoms with Gasteiger partial charge in [-0.05, 0) is 44.1 Å². The van der Waals surface area contributed by atoms with Crippen LogP contribution in [0.3, 0.4) is 0 Å². The Balaban J connectivity index is 1.90. The van der Waals surface area contributed by atoms with Crippen LogP contribution in [0.5, 0.6) is 0 Å². The minimum atomic E-state index is -0.194. The van der Waals surface area contributed by atoms with Gasteiger partial charge in [-0.15, -0.1) is 11.8 Å². The van der Waals surface area contributed by atoms with Crippen LogP contribution < -0.4 is 5.32 Å². The van der Waals surface area contributed by atoms with E-state index in [-0.39, 0.29) is 18.1 Å². The predicted molar refractivity (Wildman–Crippen MR) is 71.7 cm³/mol. The van der Waals surface area contributed by atoms with E-state index in [2.05, 4.69) is 10.3 Å². The van der Waals surface area contributed by atoms with Gasteiger partial charge in [0.1, 0.15) is 0 Å². The summed E-state index contributed by atoms with van der Waals surface area (Å²) in [7, 11) is 0. The third kappa shape index (κ3) is 3.46. The van der Waals surface area contributed by atoms with Crippen molar-refractivity contribution in [2.75, 3.05) is 6.26 Å². The molecule has 2 rings (SSSR count). The molecule has 1 heterocycles. The van der Waals surface area contributed by atoms with Crippen LogP contribution in [0.2, 0.25) is 0 Å². The number of carbonyl (C=O) groups is 1. The number of aromatic nitrogens is 1. The standard InChI is InChI=1S/C13H18N2O2S/c1-18-12-7-2-9(8-14-12)13(17)15-10-3-5-11(16)6-4-10/h2,7-8,10-11,16H,3-6H2,1H3,(H,15,17). The third-order valence-corrected chi connectivity index (χ3v) is 3.90. The topological polar surface area (TPSA) is 62.2 Å². The molecule has 0 aliphatic heterocycles. The van der Waals surface area contributed by atoms with Crippen molar-refractivity contribution in [2.24, 2.45) is 0 Å². The van der Waals surface area contributed by atoms with E-state index in [1.165, 1.54) is 0 Å². The summed E-state index contributed by atoms with van der Waals surface area (Å²) in [6.45, 7) is 0.